The first kappa shape index (κ1) is 54.8. The summed E-state index contributed by atoms with van der Waals surface area (Å²) >= 11 is 0. The van der Waals surface area contributed by atoms with Crippen molar-refractivity contribution in [1.29, 1.82) is 0 Å². The Balaban J connectivity index is 4.62. The predicted octanol–water partition coefficient (Wildman–Crippen LogP) is 14.3. The zero-order valence-electron chi connectivity index (χ0n) is 37.7. The monoisotopic (exact) mass is 800 g/mol. The molecule has 6 nitrogen and oxygen atoms in total. The van der Waals surface area contributed by atoms with Gasteiger partial charge in [-0.3, -0.25) is 9.59 Å². The highest BCUT2D eigenvalue weighted by Crippen LogP contribution is 2.17. The van der Waals surface area contributed by atoms with Crippen LogP contribution in [0.2, 0.25) is 0 Å². The van der Waals surface area contributed by atoms with Crippen molar-refractivity contribution >= 4 is 11.9 Å². The van der Waals surface area contributed by atoms with Crippen LogP contribution in [0.5, 0.6) is 0 Å². The standard InChI is InChI=1S/C51H93NO5/c1-4-7-10-13-16-19-22-24-25-26-29-32-35-38-41-44-51(56)57-47(42-39-36-33-30-28-23-20-17-14-11-8-5-2)45-50(55)52-48(46-53)49(54)43-40-37-34-31-27-21-18-15-12-9-6-3/h8,11,17,19-20,22,28,30,47-49,53-54H,4-7,9-10,12-16,18,21,23-27,29,31-46H2,1-3H3,(H,52,55)/b11-8+,20-17+,22-19-,30-28+. The Hall–Kier alpha value is -2.18. The number of rotatable bonds is 43. The number of hydrogen-bond donors (Lipinski definition) is 3. The number of nitrogens with one attached hydrogen (secondary N) is 1. The SMILES string of the molecule is CC/C=C/C/C=C/C/C=C/CCCCC(CC(=O)NC(CO)C(O)CCCCCCCCCCCCC)OC(=O)CCCCCCCCC/C=C\CCCCCC. The molecule has 0 fully saturated rings. The van der Waals surface area contributed by atoms with Crippen molar-refractivity contribution in [1.82, 2.24) is 5.32 Å². The number of allylic oxidation sites excluding steroid dienone is 8. The van der Waals surface area contributed by atoms with Gasteiger partial charge in [0.2, 0.25) is 5.91 Å². The van der Waals surface area contributed by atoms with Gasteiger partial charge < -0.3 is 20.3 Å². The van der Waals surface area contributed by atoms with E-state index in [9.17, 15) is 19.8 Å². The average Bonchev–Trinajstić information content (AvgIpc) is 3.20. The maximum absolute atomic E-state index is 13.1. The summed E-state index contributed by atoms with van der Waals surface area (Å²) < 4.78 is 5.90. The zero-order valence-corrected chi connectivity index (χ0v) is 37.7. The summed E-state index contributed by atoms with van der Waals surface area (Å²) in [6.45, 7) is 6.33. The Morgan fingerprint density at radius 2 is 0.947 bits per heavy atom. The molecule has 0 aliphatic rings. The number of carbonyl (C=O) groups excluding carboxylic acids is 2. The number of unbranched alkanes of at least 4 members (excludes halogenated alkanes) is 23. The molecule has 0 bridgehead atoms. The zero-order chi connectivity index (χ0) is 41.7. The van der Waals surface area contributed by atoms with Crippen LogP contribution in [-0.4, -0.2) is 46.9 Å². The topological polar surface area (TPSA) is 95.9 Å². The van der Waals surface area contributed by atoms with Crippen molar-refractivity contribution in [2.24, 2.45) is 0 Å². The summed E-state index contributed by atoms with van der Waals surface area (Å²) in [4.78, 5) is 26.0. The molecule has 3 atom stereocenters. The molecule has 0 aliphatic carbocycles. The second kappa shape index (κ2) is 44.9. The van der Waals surface area contributed by atoms with E-state index in [1.54, 1.807) is 0 Å². The van der Waals surface area contributed by atoms with E-state index in [0.717, 1.165) is 77.0 Å². The lowest BCUT2D eigenvalue weighted by Gasteiger charge is -2.24. The van der Waals surface area contributed by atoms with Crippen molar-refractivity contribution in [3.63, 3.8) is 0 Å². The molecule has 0 aromatic heterocycles. The van der Waals surface area contributed by atoms with Gasteiger partial charge in [0.05, 0.1) is 25.2 Å². The number of aliphatic hydroxyl groups is 2. The normalized spacial score (nSPS) is 13.7. The van der Waals surface area contributed by atoms with Gasteiger partial charge in [0.1, 0.15) is 6.10 Å². The minimum atomic E-state index is -0.796. The summed E-state index contributed by atoms with van der Waals surface area (Å²) in [5.74, 6) is -0.516. The Kier molecular flexibility index (Phi) is 43.2. The van der Waals surface area contributed by atoms with Gasteiger partial charge in [-0.05, 0) is 83.5 Å². The molecule has 0 radical (unpaired) electrons. The molecule has 1 amide bonds. The average molecular weight is 800 g/mol. The van der Waals surface area contributed by atoms with Crippen LogP contribution in [0.25, 0.3) is 0 Å². The number of amides is 1. The van der Waals surface area contributed by atoms with Gasteiger partial charge in [-0.15, -0.1) is 0 Å². The predicted molar refractivity (Wildman–Crippen MR) is 245 cm³/mol. The molecular weight excluding hydrogens is 707 g/mol. The maximum Gasteiger partial charge on any atom is 0.306 e. The Labute approximate surface area is 353 Å². The molecule has 0 saturated carbocycles. The minimum Gasteiger partial charge on any atom is -0.462 e. The van der Waals surface area contributed by atoms with E-state index in [1.807, 2.05) is 0 Å². The number of esters is 1. The third kappa shape index (κ3) is 40.4. The third-order valence-corrected chi connectivity index (χ3v) is 10.9. The highest BCUT2D eigenvalue weighted by Gasteiger charge is 2.24. The summed E-state index contributed by atoms with van der Waals surface area (Å²) in [5.41, 5.74) is 0. The first-order valence-electron chi connectivity index (χ1n) is 24.4. The molecule has 0 spiro atoms. The summed E-state index contributed by atoms with van der Waals surface area (Å²) in [6, 6.07) is -0.712. The van der Waals surface area contributed by atoms with Crippen molar-refractivity contribution in [3.05, 3.63) is 48.6 Å². The van der Waals surface area contributed by atoms with Crippen molar-refractivity contribution < 1.29 is 24.5 Å². The second-order valence-electron chi connectivity index (χ2n) is 16.5. The Morgan fingerprint density at radius 1 is 0.526 bits per heavy atom. The first-order valence-corrected chi connectivity index (χ1v) is 24.4. The van der Waals surface area contributed by atoms with Gasteiger partial charge in [0.15, 0.2) is 0 Å². The van der Waals surface area contributed by atoms with Crippen LogP contribution in [0.4, 0.5) is 0 Å². The van der Waals surface area contributed by atoms with Crippen LogP contribution in [-0.2, 0) is 14.3 Å². The lowest BCUT2D eigenvalue weighted by molar-refractivity contribution is -0.151. The lowest BCUT2D eigenvalue weighted by atomic mass is 10.0. The van der Waals surface area contributed by atoms with Crippen LogP contribution in [0.1, 0.15) is 239 Å². The molecule has 0 rings (SSSR count). The highest BCUT2D eigenvalue weighted by atomic mass is 16.5. The van der Waals surface area contributed by atoms with E-state index < -0.39 is 18.2 Å². The van der Waals surface area contributed by atoms with Crippen molar-refractivity contribution in [2.45, 2.75) is 257 Å². The molecule has 332 valence electrons. The van der Waals surface area contributed by atoms with E-state index in [4.69, 9.17) is 4.74 Å². The van der Waals surface area contributed by atoms with Gasteiger partial charge in [-0.25, -0.2) is 0 Å². The summed E-state index contributed by atoms with van der Waals surface area (Å²) in [6.07, 6.45) is 53.1. The maximum atomic E-state index is 13.1. The molecule has 6 heteroatoms. The fourth-order valence-electron chi connectivity index (χ4n) is 7.20. The summed E-state index contributed by atoms with van der Waals surface area (Å²) in [7, 11) is 0. The molecule has 0 aromatic rings. The molecule has 0 saturated heterocycles. The fraction of sp³-hybridized carbons (Fsp3) is 0.804. The Bertz CT molecular complexity index is 988. The van der Waals surface area contributed by atoms with Gasteiger partial charge in [-0.1, -0.05) is 191 Å². The highest BCUT2D eigenvalue weighted by molar-refractivity contribution is 5.77. The fourth-order valence-corrected chi connectivity index (χ4v) is 7.20. The van der Waals surface area contributed by atoms with Gasteiger partial charge in [0, 0.05) is 6.42 Å². The van der Waals surface area contributed by atoms with Crippen LogP contribution < -0.4 is 5.32 Å². The summed E-state index contributed by atoms with van der Waals surface area (Å²) in [5, 5.41) is 23.7. The van der Waals surface area contributed by atoms with Crippen LogP contribution in [0, 0.1) is 0 Å². The van der Waals surface area contributed by atoms with E-state index >= 15 is 0 Å². The van der Waals surface area contributed by atoms with Gasteiger partial charge in [-0.2, -0.15) is 0 Å². The molecular formula is C51H93NO5. The van der Waals surface area contributed by atoms with Crippen molar-refractivity contribution in [3.8, 4) is 0 Å². The second-order valence-corrected chi connectivity index (χ2v) is 16.5. The van der Waals surface area contributed by atoms with Crippen LogP contribution in [0.3, 0.4) is 0 Å². The van der Waals surface area contributed by atoms with Crippen molar-refractivity contribution in [2.75, 3.05) is 6.61 Å². The Morgan fingerprint density at radius 3 is 1.49 bits per heavy atom. The third-order valence-electron chi connectivity index (χ3n) is 10.9. The van der Waals surface area contributed by atoms with Crippen LogP contribution in [0.15, 0.2) is 48.6 Å². The lowest BCUT2D eigenvalue weighted by Crippen LogP contribution is -2.46. The molecule has 0 aromatic carbocycles. The minimum absolute atomic E-state index is 0.0502. The van der Waals surface area contributed by atoms with Gasteiger partial charge in [0.25, 0.3) is 0 Å². The van der Waals surface area contributed by atoms with E-state index in [2.05, 4.69) is 74.7 Å². The molecule has 3 unspecified atom stereocenters. The smallest absolute Gasteiger partial charge is 0.306 e. The first-order chi connectivity index (χ1) is 28.0. The van der Waals surface area contributed by atoms with Crippen LogP contribution >= 0.6 is 0 Å². The number of aliphatic hydroxyl groups excluding tert-OH is 2. The number of hydrogen-bond acceptors (Lipinski definition) is 5. The largest absolute Gasteiger partial charge is 0.462 e. The number of ether oxygens (including phenoxy) is 1. The van der Waals surface area contributed by atoms with E-state index in [0.29, 0.717) is 19.3 Å². The number of carbonyl (C=O) groups is 2. The quantitative estimate of drug-likeness (QED) is 0.0324. The van der Waals surface area contributed by atoms with E-state index in [1.165, 1.54) is 116 Å². The molecule has 3 N–H and O–H groups in total. The molecule has 57 heavy (non-hydrogen) atoms. The molecule has 0 heterocycles. The van der Waals surface area contributed by atoms with Gasteiger partial charge >= 0.3 is 5.97 Å². The van der Waals surface area contributed by atoms with E-state index in [-0.39, 0.29) is 24.9 Å². The molecule has 0 aliphatic heterocycles.